The Labute approximate surface area is 160 Å². The van der Waals surface area contributed by atoms with Gasteiger partial charge in [-0.2, -0.15) is 0 Å². The fourth-order valence-electron chi connectivity index (χ4n) is 3.83. The summed E-state index contributed by atoms with van der Waals surface area (Å²) in [7, 11) is 0. The number of benzene rings is 2. The third kappa shape index (κ3) is 4.75. The van der Waals surface area contributed by atoms with Gasteiger partial charge in [-0.3, -0.25) is 4.90 Å². The Morgan fingerprint density at radius 3 is 2.67 bits per heavy atom. The zero-order chi connectivity index (χ0) is 18.6. The lowest BCUT2D eigenvalue weighted by Gasteiger charge is -2.33. The van der Waals surface area contributed by atoms with Crippen molar-refractivity contribution in [3.8, 4) is 0 Å². The van der Waals surface area contributed by atoms with Crippen LogP contribution >= 0.6 is 0 Å². The fourth-order valence-corrected chi connectivity index (χ4v) is 3.83. The molecule has 2 N–H and O–H groups in total. The summed E-state index contributed by atoms with van der Waals surface area (Å²) in [6.07, 6.45) is 1.41. The molecule has 1 unspecified atom stereocenters. The fraction of sp³-hybridized carbons (Fsp3) is 0.409. The lowest BCUT2D eigenvalue weighted by molar-refractivity contribution is -0.0301. The zero-order valence-electron chi connectivity index (χ0n) is 15.4. The first-order chi connectivity index (χ1) is 13.2. The van der Waals surface area contributed by atoms with Crippen LogP contribution in [0.25, 0.3) is 0 Å². The largest absolute Gasteiger partial charge is 0.478 e. The molecule has 2 aromatic carbocycles. The molecule has 2 aliphatic rings. The summed E-state index contributed by atoms with van der Waals surface area (Å²) < 4.78 is 5.93. The summed E-state index contributed by atoms with van der Waals surface area (Å²) in [5.74, 6) is -0.244. The van der Waals surface area contributed by atoms with Crippen molar-refractivity contribution in [3.63, 3.8) is 0 Å². The second-order valence-corrected chi connectivity index (χ2v) is 7.50. The number of carbonyl (C=O) groups is 1. The molecule has 0 amide bonds. The van der Waals surface area contributed by atoms with Crippen molar-refractivity contribution >= 4 is 5.97 Å². The highest BCUT2D eigenvalue weighted by atomic mass is 16.5. The average molecular weight is 366 g/mol. The van der Waals surface area contributed by atoms with Gasteiger partial charge in [0.05, 0.1) is 18.3 Å². The van der Waals surface area contributed by atoms with E-state index in [1.54, 1.807) is 12.1 Å². The summed E-state index contributed by atoms with van der Waals surface area (Å²) in [5, 5.41) is 12.7. The predicted molar refractivity (Wildman–Crippen MR) is 104 cm³/mol. The summed E-state index contributed by atoms with van der Waals surface area (Å²) in [6.45, 7) is 4.26. The number of hydrogen-bond acceptors (Lipinski definition) is 4. The molecule has 0 radical (unpaired) electrons. The SMILES string of the molecule is O=C(O)c1ccc(CN2CCOC(CN[C@@H]3C[C@H]3c3ccccc3)C2)cc1. The van der Waals surface area contributed by atoms with E-state index in [0.717, 1.165) is 38.3 Å². The monoisotopic (exact) mass is 366 g/mol. The van der Waals surface area contributed by atoms with Crippen molar-refractivity contribution < 1.29 is 14.6 Å². The van der Waals surface area contributed by atoms with Gasteiger partial charge >= 0.3 is 5.97 Å². The summed E-state index contributed by atoms with van der Waals surface area (Å²) in [4.78, 5) is 13.3. The Kier molecular flexibility index (Phi) is 5.53. The Balaban J connectivity index is 1.23. The van der Waals surface area contributed by atoms with E-state index in [1.807, 2.05) is 12.1 Å². The molecule has 2 fully saturated rings. The first kappa shape index (κ1) is 18.2. The minimum Gasteiger partial charge on any atom is -0.478 e. The van der Waals surface area contributed by atoms with Crippen LogP contribution in [0.4, 0.5) is 0 Å². The van der Waals surface area contributed by atoms with E-state index in [-0.39, 0.29) is 6.10 Å². The molecule has 2 aromatic rings. The van der Waals surface area contributed by atoms with Gasteiger partial charge in [0, 0.05) is 38.1 Å². The summed E-state index contributed by atoms with van der Waals surface area (Å²) in [5.41, 5.74) is 2.89. The van der Waals surface area contributed by atoms with Crippen LogP contribution in [-0.2, 0) is 11.3 Å². The van der Waals surface area contributed by atoms with Gasteiger partial charge in [-0.25, -0.2) is 4.79 Å². The zero-order valence-corrected chi connectivity index (χ0v) is 15.4. The Hall–Kier alpha value is -2.21. The van der Waals surface area contributed by atoms with Crippen molar-refractivity contribution in [1.29, 1.82) is 0 Å². The van der Waals surface area contributed by atoms with Gasteiger partial charge in [0.25, 0.3) is 0 Å². The van der Waals surface area contributed by atoms with E-state index in [2.05, 4.69) is 40.5 Å². The molecule has 3 atom stereocenters. The van der Waals surface area contributed by atoms with E-state index in [0.29, 0.717) is 17.5 Å². The second kappa shape index (κ2) is 8.21. The molecule has 4 rings (SSSR count). The minimum atomic E-state index is -0.882. The van der Waals surface area contributed by atoms with Gasteiger partial charge < -0.3 is 15.2 Å². The Bertz CT molecular complexity index is 763. The molecule has 0 aromatic heterocycles. The van der Waals surface area contributed by atoms with Crippen LogP contribution in [0.5, 0.6) is 0 Å². The number of carboxylic acid groups (broad SMARTS) is 1. The summed E-state index contributed by atoms with van der Waals surface area (Å²) >= 11 is 0. The van der Waals surface area contributed by atoms with Crippen molar-refractivity contribution in [2.24, 2.45) is 0 Å². The van der Waals surface area contributed by atoms with Crippen LogP contribution in [-0.4, -0.2) is 54.4 Å². The first-order valence-corrected chi connectivity index (χ1v) is 9.63. The number of carboxylic acids is 1. The summed E-state index contributed by atoms with van der Waals surface area (Å²) in [6, 6.07) is 18.4. The molecule has 1 heterocycles. The van der Waals surface area contributed by atoms with Gasteiger partial charge in [0.1, 0.15) is 0 Å². The standard InChI is InChI=1S/C22H26N2O3/c25-22(26)18-8-6-16(7-9-18)14-24-10-11-27-19(15-24)13-23-21-12-20(21)17-4-2-1-3-5-17/h1-9,19-21,23H,10-15H2,(H,25,26)/t19?,20-,21+/m0/s1. The molecule has 1 aliphatic carbocycles. The first-order valence-electron chi connectivity index (χ1n) is 9.63. The molecular formula is C22H26N2O3. The number of aromatic carboxylic acids is 1. The molecule has 0 spiro atoms. The lowest BCUT2D eigenvalue weighted by Crippen LogP contribution is -2.46. The quantitative estimate of drug-likeness (QED) is 0.789. The maximum atomic E-state index is 11.0. The number of nitrogens with zero attached hydrogens (tertiary/aromatic N) is 1. The van der Waals surface area contributed by atoms with Gasteiger partial charge in [-0.15, -0.1) is 0 Å². The number of nitrogens with one attached hydrogen (secondary N) is 1. The topological polar surface area (TPSA) is 61.8 Å². The highest BCUT2D eigenvalue weighted by Crippen LogP contribution is 2.40. The highest BCUT2D eigenvalue weighted by Gasteiger charge is 2.38. The minimum absolute atomic E-state index is 0.203. The molecule has 5 nitrogen and oxygen atoms in total. The maximum Gasteiger partial charge on any atom is 0.335 e. The number of ether oxygens (including phenoxy) is 1. The molecule has 27 heavy (non-hydrogen) atoms. The van der Waals surface area contributed by atoms with Gasteiger partial charge in [0.2, 0.25) is 0 Å². The lowest BCUT2D eigenvalue weighted by atomic mass is 10.1. The second-order valence-electron chi connectivity index (χ2n) is 7.50. The van der Waals surface area contributed by atoms with Gasteiger partial charge in [0.15, 0.2) is 0 Å². The van der Waals surface area contributed by atoms with Crippen LogP contribution in [0.2, 0.25) is 0 Å². The normalized spacial score (nSPS) is 25.3. The van der Waals surface area contributed by atoms with E-state index >= 15 is 0 Å². The predicted octanol–water partition coefficient (Wildman–Crippen LogP) is 2.73. The molecule has 142 valence electrons. The van der Waals surface area contributed by atoms with Crippen LogP contribution in [0.1, 0.15) is 33.8 Å². The molecule has 1 saturated heterocycles. The van der Waals surface area contributed by atoms with Crippen LogP contribution < -0.4 is 5.32 Å². The van der Waals surface area contributed by atoms with E-state index in [9.17, 15) is 4.79 Å². The number of rotatable bonds is 7. The van der Waals surface area contributed by atoms with Gasteiger partial charge in [-0.1, -0.05) is 42.5 Å². The number of morpholine rings is 1. The van der Waals surface area contributed by atoms with Crippen LogP contribution in [0.15, 0.2) is 54.6 Å². The molecule has 5 heteroatoms. The molecular weight excluding hydrogens is 340 g/mol. The van der Waals surface area contributed by atoms with E-state index < -0.39 is 5.97 Å². The van der Waals surface area contributed by atoms with E-state index in [4.69, 9.17) is 9.84 Å². The van der Waals surface area contributed by atoms with Crippen molar-refractivity contribution in [2.45, 2.75) is 31.0 Å². The Morgan fingerprint density at radius 2 is 1.93 bits per heavy atom. The third-order valence-electron chi connectivity index (χ3n) is 5.46. The molecule has 1 aliphatic heterocycles. The van der Waals surface area contributed by atoms with Crippen molar-refractivity contribution in [1.82, 2.24) is 10.2 Å². The Morgan fingerprint density at radius 1 is 1.15 bits per heavy atom. The smallest absolute Gasteiger partial charge is 0.335 e. The molecule has 1 saturated carbocycles. The number of hydrogen-bond donors (Lipinski definition) is 2. The highest BCUT2D eigenvalue weighted by molar-refractivity contribution is 5.87. The van der Waals surface area contributed by atoms with Crippen LogP contribution in [0, 0.1) is 0 Å². The van der Waals surface area contributed by atoms with Crippen molar-refractivity contribution in [3.05, 3.63) is 71.3 Å². The maximum absolute atomic E-state index is 11.0. The molecule has 0 bridgehead atoms. The average Bonchev–Trinajstić information content (AvgIpc) is 3.48. The third-order valence-corrected chi connectivity index (χ3v) is 5.46. The van der Waals surface area contributed by atoms with Crippen molar-refractivity contribution in [2.75, 3.05) is 26.2 Å². The van der Waals surface area contributed by atoms with Crippen LogP contribution in [0.3, 0.4) is 0 Å². The van der Waals surface area contributed by atoms with E-state index in [1.165, 1.54) is 12.0 Å². The van der Waals surface area contributed by atoms with Gasteiger partial charge in [-0.05, 0) is 29.7 Å².